The molecule has 1 N–H and O–H groups in total. The fraction of sp³-hybridized carbons (Fsp3) is 0.353. The third-order valence-corrected chi connectivity index (χ3v) is 4.12. The van der Waals surface area contributed by atoms with Crippen LogP contribution in [0.15, 0.2) is 40.9 Å². The van der Waals surface area contributed by atoms with Crippen LogP contribution in [0.4, 0.5) is 0 Å². The van der Waals surface area contributed by atoms with Crippen LogP contribution < -0.4 is 5.32 Å². The number of nitrogens with zero attached hydrogens (tertiary/aromatic N) is 4. The molecule has 3 aromatic rings. The molecule has 1 atom stereocenters. The first-order valence-corrected chi connectivity index (χ1v) is 7.92. The van der Waals surface area contributed by atoms with Gasteiger partial charge in [0.15, 0.2) is 5.76 Å². The summed E-state index contributed by atoms with van der Waals surface area (Å²) < 4.78 is 7.83. The quantitative estimate of drug-likeness (QED) is 0.801. The van der Waals surface area contributed by atoms with Gasteiger partial charge in [-0.15, -0.1) is 0 Å². The molecule has 6 nitrogen and oxygen atoms in total. The SMILES string of the molecule is Cc1nc2n(n1)C[C@@H](NCc1ncc(-c3ccccc3)o1)CC2. The third-order valence-electron chi connectivity index (χ3n) is 4.12. The van der Waals surface area contributed by atoms with E-state index >= 15 is 0 Å². The fourth-order valence-electron chi connectivity index (χ4n) is 2.96. The predicted octanol–water partition coefficient (Wildman–Crippen LogP) is 2.35. The number of oxazole rings is 1. The molecule has 0 aliphatic carbocycles. The minimum atomic E-state index is 0.371. The number of benzene rings is 1. The molecule has 0 bridgehead atoms. The molecule has 6 heteroatoms. The molecule has 0 spiro atoms. The number of hydrogen-bond acceptors (Lipinski definition) is 5. The van der Waals surface area contributed by atoms with Gasteiger partial charge in [-0.1, -0.05) is 30.3 Å². The molecule has 118 valence electrons. The van der Waals surface area contributed by atoms with Gasteiger partial charge in [0.05, 0.1) is 19.3 Å². The predicted molar refractivity (Wildman–Crippen MR) is 85.6 cm³/mol. The Hall–Kier alpha value is -2.47. The molecule has 1 aliphatic rings. The lowest BCUT2D eigenvalue weighted by atomic mass is 10.1. The Labute approximate surface area is 134 Å². The van der Waals surface area contributed by atoms with E-state index in [1.165, 1.54) is 0 Å². The van der Waals surface area contributed by atoms with Crippen molar-refractivity contribution in [3.63, 3.8) is 0 Å². The second kappa shape index (κ2) is 5.96. The summed E-state index contributed by atoms with van der Waals surface area (Å²) in [6.45, 7) is 3.41. The van der Waals surface area contributed by atoms with E-state index in [4.69, 9.17) is 4.42 Å². The Morgan fingerprint density at radius 1 is 1.30 bits per heavy atom. The molecule has 1 aliphatic heterocycles. The summed E-state index contributed by atoms with van der Waals surface area (Å²) in [5.41, 5.74) is 1.05. The minimum Gasteiger partial charge on any atom is -0.439 e. The maximum Gasteiger partial charge on any atom is 0.208 e. The van der Waals surface area contributed by atoms with Crippen LogP contribution in [0.5, 0.6) is 0 Å². The largest absolute Gasteiger partial charge is 0.439 e. The van der Waals surface area contributed by atoms with Gasteiger partial charge in [0.25, 0.3) is 0 Å². The summed E-state index contributed by atoms with van der Waals surface area (Å²) in [5, 5.41) is 7.93. The Kier molecular flexibility index (Phi) is 3.67. The van der Waals surface area contributed by atoms with E-state index in [2.05, 4.69) is 20.4 Å². The minimum absolute atomic E-state index is 0.371. The number of aromatic nitrogens is 4. The average Bonchev–Trinajstić information content (AvgIpc) is 3.18. The normalized spacial score (nSPS) is 17.2. The van der Waals surface area contributed by atoms with Crippen LogP contribution in [0.1, 0.15) is 24.0 Å². The fourth-order valence-corrected chi connectivity index (χ4v) is 2.96. The Morgan fingerprint density at radius 3 is 3.04 bits per heavy atom. The Balaban J connectivity index is 1.38. The van der Waals surface area contributed by atoms with Crippen LogP contribution in [0.25, 0.3) is 11.3 Å². The van der Waals surface area contributed by atoms with Gasteiger partial charge >= 0.3 is 0 Å². The Morgan fingerprint density at radius 2 is 2.17 bits per heavy atom. The highest BCUT2D eigenvalue weighted by atomic mass is 16.4. The van der Waals surface area contributed by atoms with Gasteiger partial charge < -0.3 is 9.73 Å². The lowest BCUT2D eigenvalue weighted by Crippen LogP contribution is -2.37. The number of hydrogen-bond donors (Lipinski definition) is 1. The summed E-state index contributed by atoms with van der Waals surface area (Å²) in [5.74, 6) is 3.45. The zero-order valence-corrected chi connectivity index (χ0v) is 13.1. The van der Waals surface area contributed by atoms with Crippen LogP contribution in [-0.4, -0.2) is 25.8 Å². The lowest BCUT2D eigenvalue weighted by Gasteiger charge is -2.22. The van der Waals surface area contributed by atoms with Crippen LogP contribution in [-0.2, 0) is 19.5 Å². The topological polar surface area (TPSA) is 68.8 Å². The number of fused-ring (bicyclic) bond motifs is 1. The maximum atomic E-state index is 5.83. The van der Waals surface area contributed by atoms with Crippen molar-refractivity contribution < 1.29 is 4.42 Å². The Bertz CT molecular complexity index is 792. The molecular weight excluding hydrogens is 290 g/mol. The summed E-state index contributed by atoms with van der Waals surface area (Å²) in [6, 6.07) is 10.4. The molecular formula is C17H19N5O. The molecule has 0 radical (unpaired) electrons. The summed E-state index contributed by atoms with van der Waals surface area (Å²) in [4.78, 5) is 8.80. The maximum absolute atomic E-state index is 5.83. The molecule has 3 heterocycles. The first-order valence-electron chi connectivity index (χ1n) is 7.92. The molecule has 4 rings (SSSR count). The monoisotopic (exact) mass is 309 g/mol. The zero-order chi connectivity index (χ0) is 15.6. The van der Waals surface area contributed by atoms with E-state index in [1.54, 1.807) is 6.20 Å². The van der Waals surface area contributed by atoms with Gasteiger partial charge in [-0.3, -0.25) is 0 Å². The van der Waals surface area contributed by atoms with Gasteiger partial charge in [0.2, 0.25) is 5.89 Å². The van der Waals surface area contributed by atoms with E-state index in [-0.39, 0.29) is 0 Å². The van der Waals surface area contributed by atoms with E-state index in [0.717, 1.165) is 42.4 Å². The van der Waals surface area contributed by atoms with E-state index in [0.29, 0.717) is 18.5 Å². The lowest BCUT2D eigenvalue weighted by molar-refractivity contribution is 0.342. The van der Waals surface area contributed by atoms with Crippen LogP contribution in [0.2, 0.25) is 0 Å². The first kappa shape index (κ1) is 14.1. The van der Waals surface area contributed by atoms with Gasteiger partial charge in [0, 0.05) is 18.0 Å². The highest BCUT2D eigenvalue weighted by Crippen LogP contribution is 2.20. The van der Waals surface area contributed by atoms with Gasteiger partial charge in [-0.05, 0) is 13.3 Å². The van der Waals surface area contributed by atoms with Gasteiger partial charge in [-0.25, -0.2) is 14.6 Å². The van der Waals surface area contributed by atoms with Crippen molar-refractivity contribution in [3.05, 3.63) is 54.1 Å². The highest BCUT2D eigenvalue weighted by molar-refractivity contribution is 5.55. The summed E-state index contributed by atoms with van der Waals surface area (Å²) in [6.07, 6.45) is 3.80. The molecule has 0 saturated carbocycles. The number of aryl methyl sites for hydroxylation is 2. The van der Waals surface area contributed by atoms with Crippen molar-refractivity contribution >= 4 is 0 Å². The van der Waals surface area contributed by atoms with Crippen molar-refractivity contribution in [1.82, 2.24) is 25.1 Å². The van der Waals surface area contributed by atoms with Crippen molar-refractivity contribution in [1.29, 1.82) is 0 Å². The number of rotatable bonds is 4. The van der Waals surface area contributed by atoms with Gasteiger partial charge in [0.1, 0.15) is 11.6 Å². The number of nitrogens with one attached hydrogen (secondary N) is 1. The highest BCUT2D eigenvalue weighted by Gasteiger charge is 2.20. The molecule has 0 fully saturated rings. The molecule has 0 unspecified atom stereocenters. The third kappa shape index (κ3) is 3.03. The van der Waals surface area contributed by atoms with Gasteiger partial charge in [-0.2, -0.15) is 5.10 Å². The first-order chi connectivity index (χ1) is 11.3. The van der Waals surface area contributed by atoms with Crippen LogP contribution in [0.3, 0.4) is 0 Å². The molecule has 1 aromatic carbocycles. The summed E-state index contributed by atoms with van der Waals surface area (Å²) >= 11 is 0. The van der Waals surface area contributed by atoms with Crippen molar-refractivity contribution in [2.45, 2.75) is 38.9 Å². The standard InChI is InChI=1S/C17H19N5O/c1-12-20-16-8-7-14(11-22(16)21-12)18-10-17-19-9-15(23-17)13-5-3-2-4-6-13/h2-6,9,14,18H,7-8,10-11H2,1H3/t14-/m0/s1. The van der Waals surface area contributed by atoms with E-state index < -0.39 is 0 Å². The van der Waals surface area contributed by atoms with Crippen LogP contribution >= 0.6 is 0 Å². The molecule has 2 aromatic heterocycles. The average molecular weight is 309 g/mol. The van der Waals surface area contributed by atoms with E-state index in [9.17, 15) is 0 Å². The van der Waals surface area contributed by atoms with Crippen molar-refractivity contribution in [3.8, 4) is 11.3 Å². The second-order valence-corrected chi connectivity index (χ2v) is 5.86. The van der Waals surface area contributed by atoms with Crippen molar-refractivity contribution in [2.75, 3.05) is 0 Å². The van der Waals surface area contributed by atoms with E-state index in [1.807, 2.05) is 41.9 Å². The summed E-state index contributed by atoms with van der Waals surface area (Å²) in [7, 11) is 0. The molecule has 0 saturated heterocycles. The molecule has 23 heavy (non-hydrogen) atoms. The second-order valence-electron chi connectivity index (χ2n) is 5.86. The zero-order valence-electron chi connectivity index (χ0n) is 13.1. The smallest absolute Gasteiger partial charge is 0.208 e. The molecule has 0 amide bonds. The van der Waals surface area contributed by atoms with Crippen molar-refractivity contribution in [2.24, 2.45) is 0 Å². The van der Waals surface area contributed by atoms with Crippen LogP contribution in [0, 0.1) is 6.92 Å².